The first kappa shape index (κ1) is 14.8. The molecule has 1 rings (SSSR count). The first-order valence-corrected chi connectivity index (χ1v) is 6.57. The molecule has 1 atom stereocenters. The summed E-state index contributed by atoms with van der Waals surface area (Å²) in [5, 5.41) is 0. The number of rotatable bonds is 6. The summed E-state index contributed by atoms with van der Waals surface area (Å²) in [7, 11) is 0. The van der Waals surface area contributed by atoms with Crippen molar-refractivity contribution in [1.82, 2.24) is 4.90 Å². The third-order valence-corrected chi connectivity index (χ3v) is 2.95. The summed E-state index contributed by atoms with van der Waals surface area (Å²) in [5.74, 6) is 1.66. The molecule has 0 saturated heterocycles. The summed E-state index contributed by atoms with van der Waals surface area (Å²) in [5.41, 5.74) is 5.90. The lowest BCUT2D eigenvalue weighted by molar-refractivity contribution is -0.135. The molecule has 0 aliphatic rings. The summed E-state index contributed by atoms with van der Waals surface area (Å²) in [6, 6.07) is 3.52. The molecule has 102 valence electrons. The van der Waals surface area contributed by atoms with Gasteiger partial charge < -0.3 is 15.1 Å². The van der Waals surface area contributed by atoms with Crippen LogP contribution in [0.1, 0.15) is 45.1 Å². The second-order valence-corrected chi connectivity index (χ2v) is 4.97. The van der Waals surface area contributed by atoms with Gasteiger partial charge in [-0.2, -0.15) is 0 Å². The highest BCUT2D eigenvalue weighted by Gasteiger charge is 2.23. The molecule has 1 aromatic heterocycles. The predicted molar refractivity (Wildman–Crippen MR) is 72.0 cm³/mol. The first-order chi connectivity index (χ1) is 8.45. The van der Waals surface area contributed by atoms with Crippen LogP contribution in [0.25, 0.3) is 0 Å². The lowest BCUT2D eigenvalue weighted by atomic mass is 10.1. The molecule has 18 heavy (non-hydrogen) atoms. The van der Waals surface area contributed by atoms with Crippen molar-refractivity contribution in [3.63, 3.8) is 0 Å². The molecule has 0 aliphatic carbocycles. The molecule has 1 unspecified atom stereocenters. The Morgan fingerprint density at radius 3 is 2.56 bits per heavy atom. The molecule has 0 spiro atoms. The van der Waals surface area contributed by atoms with Gasteiger partial charge in [-0.25, -0.2) is 0 Å². The molecule has 0 radical (unpaired) electrons. The fourth-order valence-electron chi connectivity index (χ4n) is 1.90. The largest absolute Gasteiger partial charge is 0.464 e. The van der Waals surface area contributed by atoms with Crippen LogP contribution in [0, 0.1) is 6.92 Å². The van der Waals surface area contributed by atoms with Gasteiger partial charge in [0.15, 0.2) is 0 Å². The van der Waals surface area contributed by atoms with Crippen molar-refractivity contribution in [3.8, 4) is 0 Å². The molecule has 4 nitrogen and oxygen atoms in total. The molecular weight excluding hydrogens is 228 g/mol. The van der Waals surface area contributed by atoms with Crippen molar-refractivity contribution in [2.24, 2.45) is 5.73 Å². The van der Waals surface area contributed by atoms with Gasteiger partial charge in [-0.15, -0.1) is 0 Å². The van der Waals surface area contributed by atoms with Crippen LogP contribution in [0.5, 0.6) is 0 Å². The number of amides is 1. The molecule has 1 amide bonds. The van der Waals surface area contributed by atoms with Crippen LogP contribution in [0.15, 0.2) is 16.5 Å². The Bertz CT molecular complexity index is 385. The van der Waals surface area contributed by atoms with E-state index in [0.29, 0.717) is 6.54 Å². The number of aryl methyl sites for hydroxylation is 1. The van der Waals surface area contributed by atoms with Gasteiger partial charge in [0.05, 0.1) is 12.6 Å². The molecule has 0 saturated carbocycles. The minimum atomic E-state index is -0.409. The van der Waals surface area contributed by atoms with Crippen LogP contribution in [0.3, 0.4) is 0 Å². The average molecular weight is 252 g/mol. The highest BCUT2D eigenvalue weighted by molar-refractivity contribution is 5.81. The van der Waals surface area contributed by atoms with Crippen LogP contribution >= 0.6 is 0 Å². The van der Waals surface area contributed by atoms with E-state index in [-0.39, 0.29) is 11.9 Å². The number of carbonyl (C=O) groups excluding carboxylic acids is 1. The minimum Gasteiger partial charge on any atom is -0.464 e. The fraction of sp³-hybridized carbons (Fsp3) is 0.643. The van der Waals surface area contributed by atoms with Crippen molar-refractivity contribution in [2.45, 2.75) is 59.2 Å². The number of hydrogen-bond donors (Lipinski definition) is 1. The lowest BCUT2D eigenvalue weighted by Crippen LogP contribution is -2.46. The maximum atomic E-state index is 12.2. The van der Waals surface area contributed by atoms with E-state index in [1.54, 1.807) is 4.90 Å². The summed E-state index contributed by atoms with van der Waals surface area (Å²) >= 11 is 0. The van der Waals surface area contributed by atoms with E-state index in [1.165, 1.54) is 0 Å². The number of carbonyl (C=O) groups is 1. The molecule has 0 fully saturated rings. The van der Waals surface area contributed by atoms with Crippen LogP contribution < -0.4 is 5.73 Å². The fourth-order valence-corrected chi connectivity index (χ4v) is 1.90. The summed E-state index contributed by atoms with van der Waals surface area (Å²) in [6.45, 7) is 8.40. The van der Waals surface area contributed by atoms with E-state index >= 15 is 0 Å². The molecule has 4 heteroatoms. The Balaban J connectivity index is 2.73. The maximum Gasteiger partial charge on any atom is 0.240 e. The SMILES string of the molecule is CCCC(N)C(=O)N(Cc1ccc(C)o1)C(C)C. The number of hydrogen-bond acceptors (Lipinski definition) is 3. The second-order valence-electron chi connectivity index (χ2n) is 4.97. The van der Waals surface area contributed by atoms with E-state index in [4.69, 9.17) is 10.2 Å². The smallest absolute Gasteiger partial charge is 0.240 e. The highest BCUT2D eigenvalue weighted by atomic mass is 16.3. The van der Waals surface area contributed by atoms with Gasteiger partial charge in [0.1, 0.15) is 11.5 Å². The monoisotopic (exact) mass is 252 g/mol. The predicted octanol–water partition coefficient (Wildman–Crippen LogP) is 2.45. The summed E-state index contributed by atoms with van der Waals surface area (Å²) < 4.78 is 5.52. The molecular formula is C14H24N2O2. The number of nitrogens with zero attached hydrogens (tertiary/aromatic N) is 1. The third kappa shape index (κ3) is 3.88. The molecule has 0 aromatic carbocycles. The Labute approximate surface area is 109 Å². The Morgan fingerprint density at radius 2 is 2.11 bits per heavy atom. The lowest BCUT2D eigenvalue weighted by Gasteiger charge is -2.28. The maximum absolute atomic E-state index is 12.2. The zero-order valence-corrected chi connectivity index (χ0v) is 11.8. The normalized spacial score (nSPS) is 12.8. The van der Waals surface area contributed by atoms with Gasteiger partial charge in [-0.1, -0.05) is 13.3 Å². The van der Waals surface area contributed by atoms with Gasteiger partial charge in [0.25, 0.3) is 0 Å². The summed E-state index contributed by atoms with van der Waals surface area (Å²) in [6.07, 6.45) is 1.64. The topological polar surface area (TPSA) is 59.5 Å². The molecule has 0 aliphatic heterocycles. The molecule has 0 bridgehead atoms. The van der Waals surface area contributed by atoms with Crippen LogP contribution in [0.2, 0.25) is 0 Å². The quantitative estimate of drug-likeness (QED) is 0.846. The van der Waals surface area contributed by atoms with Gasteiger partial charge in [-0.05, 0) is 39.3 Å². The van der Waals surface area contributed by atoms with Crippen molar-refractivity contribution in [2.75, 3.05) is 0 Å². The van der Waals surface area contributed by atoms with Crippen molar-refractivity contribution in [1.29, 1.82) is 0 Å². The van der Waals surface area contributed by atoms with E-state index < -0.39 is 6.04 Å². The van der Waals surface area contributed by atoms with Crippen LogP contribution in [0.4, 0.5) is 0 Å². The zero-order chi connectivity index (χ0) is 13.7. The highest BCUT2D eigenvalue weighted by Crippen LogP contribution is 2.13. The van der Waals surface area contributed by atoms with Crippen molar-refractivity contribution >= 4 is 5.91 Å². The van der Waals surface area contributed by atoms with Crippen LogP contribution in [-0.4, -0.2) is 22.9 Å². The number of furan rings is 1. The first-order valence-electron chi connectivity index (χ1n) is 6.57. The molecule has 1 aromatic rings. The van der Waals surface area contributed by atoms with Gasteiger partial charge in [-0.3, -0.25) is 4.79 Å². The van der Waals surface area contributed by atoms with Gasteiger partial charge in [0.2, 0.25) is 5.91 Å². The Morgan fingerprint density at radius 1 is 1.44 bits per heavy atom. The standard InChI is InChI=1S/C14H24N2O2/c1-5-6-13(15)14(17)16(10(2)3)9-12-8-7-11(4)18-12/h7-8,10,13H,5-6,9,15H2,1-4H3. The Hall–Kier alpha value is -1.29. The van der Waals surface area contributed by atoms with Crippen molar-refractivity contribution < 1.29 is 9.21 Å². The number of nitrogens with two attached hydrogens (primary N) is 1. The van der Waals surface area contributed by atoms with Crippen molar-refractivity contribution in [3.05, 3.63) is 23.7 Å². The third-order valence-electron chi connectivity index (χ3n) is 2.95. The average Bonchev–Trinajstić information content (AvgIpc) is 2.71. The summed E-state index contributed by atoms with van der Waals surface area (Å²) in [4.78, 5) is 14.0. The van der Waals surface area contributed by atoms with Gasteiger partial charge in [0, 0.05) is 6.04 Å². The van der Waals surface area contributed by atoms with E-state index in [0.717, 1.165) is 24.4 Å². The van der Waals surface area contributed by atoms with Gasteiger partial charge >= 0.3 is 0 Å². The van der Waals surface area contributed by atoms with E-state index in [2.05, 4.69) is 0 Å². The Kier molecular flexibility index (Phi) is 5.41. The molecule has 2 N–H and O–H groups in total. The second kappa shape index (κ2) is 6.59. The minimum absolute atomic E-state index is 0.000836. The zero-order valence-electron chi connectivity index (χ0n) is 11.8. The van der Waals surface area contributed by atoms with E-state index in [1.807, 2.05) is 39.8 Å². The van der Waals surface area contributed by atoms with Crippen LogP contribution in [-0.2, 0) is 11.3 Å². The van der Waals surface area contributed by atoms with E-state index in [9.17, 15) is 4.79 Å². The molecule has 1 heterocycles.